The van der Waals surface area contributed by atoms with Crippen LogP contribution in [0.5, 0.6) is 0 Å². The largest absolute Gasteiger partial charge is 0.480 e. The SMILES string of the molecule is NC(=O)[C@H]1O[C@@H](CNC(=O)CC[C@H](NC(=O)OCC2c3ccccc3-c3ccccc32)C(=O)O)[C@H](O)[C@@H](O)[C@@H]1O. The van der Waals surface area contributed by atoms with Crippen LogP contribution in [-0.4, -0.2) is 94.0 Å². The maximum atomic E-state index is 12.5. The summed E-state index contributed by atoms with van der Waals surface area (Å²) in [5.74, 6) is -3.28. The van der Waals surface area contributed by atoms with Gasteiger partial charge in [0.25, 0.3) is 0 Å². The quantitative estimate of drug-likeness (QED) is 0.193. The van der Waals surface area contributed by atoms with E-state index in [2.05, 4.69) is 10.6 Å². The maximum Gasteiger partial charge on any atom is 0.407 e. The van der Waals surface area contributed by atoms with E-state index in [1.165, 1.54) is 0 Å². The number of amides is 3. The van der Waals surface area contributed by atoms with Crippen LogP contribution >= 0.6 is 0 Å². The number of alkyl carbamates (subject to hydrolysis) is 1. The predicted molar refractivity (Wildman–Crippen MR) is 138 cm³/mol. The van der Waals surface area contributed by atoms with Crippen LogP contribution in [0, 0.1) is 0 Å². The Hall–Kier alpha value is -4.04. The number of hydrogen-bond donors (Lipinski definition) is 7. The lowest BCUT2D eigenvalue weighted by Gasteiger charge is -2.39. The minimum absolute atomic E-state index is 0.0107. The van der Waals surface area contributed by atoms with Gasteiger partial charge in [-0.25, -0.2) is 9.59 Å². The fourth-order valence-electron chi connectivity index (χ4n) is 4.97. The van der Waals surface area contributed by atoms with Crippen molar-refractivity contribution in [3.05, 3.63) is 59.7 Å². The van der Waals surface area contributed by atoms with E-state index in [1.54, 1.807) is 0 Å². The molecule has 2 aromatic carbocycles. The molecule has 1 saturated heterocycles. The number of fused-ring (bicyclic) bond motifs is 3. The molecule has 2 aromatic rings. The van der Waals surface area contributed by atoms with Crippen molar-refractivity contribution in [1.82, 2.24) is 10.6 Å². The molecule has 0 unspecified atom stereocenters. The summed E-state index contributed by atoms with van der Waals surface area (Å²) in [6.07, 6.45) is -9.47. The second kappa shape index (κ2) is 12.4. The van der Waals surface area contributed by atoms with Crippen LogP contribution in [0.1, 0.15) is 29.9 Å². The number of carboxylic acids is 1. The summed E-state index contributed by atoms with van der Waals surface area (Å²) in [7, 11) is 0. The van der Waals surface area contributed by atoms with Crippen LogP contribution in [0.2, 0.25) is 0 Å². The number of carbonyl (C=O) groups excluding carboxylic acids is 3. The van der Waals surface area contributed by atoms with Crippen LogP contribution in [-0.2, 0) is 23.9 Å². The molecule has 8 N–H and O–H groups in total. The molecule has 1 heterocycles. The molecule has 0 bridgehead atoms. The average molecular weight is 558 g/mol. The third-order valence-electron chi connectivity index (χ3n) is 7.09. The van der Waals surface area contributed by atoms with Crippen molar-refractivity contribution in [2.24, 2.45) is 5.73 Å². The van der Waals surface area contributed by atoms with Gasteiger partial charge in [0.15, 0.2) is 6.10 Å². The number of aliphatic carboxylic acids is 1. The minimum Gasteiger partial charge on any atom is -0.480 e. The van der Waals surface area contributed by atoms with Crippen molar-refractivity contribution in [1.29, 1.82) is 0 Å². The van der Waals surface area contributed by atoms with Gasteiger partial charge in [-0.05, 0) is 28.7 Å². The van der Waals surface area contributed by atoms with E-state index in [0.717, 1.165) is 22.3 Å². The number of aliphatic hydroxyl groups excluding tert-OH is 3. The summed E-state index contributed by atoms with van der Waals surface area (Å²) < 4.78 is 10.6. The number of primary amides is 1. The number of nitrogens with one attached hydrogen (secondary N) is 2. The van der Waals surface area contributed by atoms with Gasteiger partial charge < -0.3 is 46.3 Å². The zero-order valence-electron chi connectivity index (χ0n) is 21.3. The summed E-state index contributed by atoms with van der Waals surface area (Å²) in [5, 5.41) is 44.0. The van der Waals surface area contributed by atoms with Crippen molar-refractivity contribution < 1.29 is 49.1 Å². The fraction of sp³-hybridized carbons (Fsp3) is 0.407. The lowest BCUT2D eigenvalue weighted by atomic mass is 9.94. The normalized spacial score (nSPS) is 24.3. The second-order valence-corrected chi connectivity index (χ2v) is 9.67. The topological polar surface area (TPSA) is 218 Å². The molecule has 40 heavy (non-hydrogen) atoms. The van der Waals surface area contributed by atoms with E-state index in [1.807, 2.05) is 48.5 Å². The van der Waals surface area contributed by atoms with Gasteiger partial charge in [0.2, 0.25) is 11.8 Å². The maximum absolute atomic E-state index is 12.5. The Morgan fingerprint density at radius 1 is 0.925 bits per heavy atom. The summed E-state index contributed by atoms with van der Waals surface area (Å²) >= 11 is 0. The molecule has 4 rings (SSSR count). The van der Waals surface area contributed by atoms with Crippen LogP contribution in [0.25, 0.3) is 11.1 Å². The van der Waals surface area contributed by atoms with E-state index in [0.29, 0.717) is 0 Å². The second-order valence-electron chi connectivity index (χ2n) is 9.67. The van der Waals surface area contributed by atoms with Gasteiger partial charge in [-0.1, -0.05) is 48.5 Å². The molecule has 3 amide bonds. The van der Waals surface area contributed by atoms with E-state index in [4.69, 9.17) is 15.2 Å². The Balaban J connectivity index is 1.26. The molecular weight excluding hydrogens is 526 g/mol. The highest BCUT2D eigenvalue weighted by molar-refractivity contribution is 5.82. The molecule has 214 valence electrons. The molecule has 1 fully saturated rings. The number of carboxylic acid groups (broad SMARTS) is 1. The molecule has 0 aromatic heterocycles. The molecule has 1 aliphatic carbocycles. The number of benzene rings is 2. The van der Waals surface area contributed by atoms with Crippen molar-refractivity contribution in [3.63, 3.8) is 0 Å². The number of aliphatic hydroxyl groups is 3. The number of ether oxygens (including phenoxy) is 2. The van der Waals surface area contributed by atoms with Gasteiger partial charge in [0.1, 0.15) is 37.1 Å². The van der Waals surface area contributed by atoms with Gasteiger partial charge in [-0.3, -0.25) is 9.59 Å². The first kappa shape index (κ1) is 29.0. The summed E-state index contributed by atoms with van der Waals surface area (Å²) in [5.41, 5.74) is 9.22. The van der Waals surface area contributed by atoms with Gasteiger partial charge in [0, 0.05) is 18.9 Å². The highest BCUT2D eigenvalue weighted by atomic mass is 16.6. The minimum atomic E-state index is -1.74. The van der Waals surface area contributed by atoms with Crippen LogP contribution in [0.15, 0.2) is 48.5 Å². The molecule has 0 spiro atoms. The van der Waals surface area contributed by atoms with Gasteiger partial charge in [-0.2, -0.15) is 0 Å². The lowest BCUT2D eigenvalue weighted by Crippen LogP contribution is -2.62. The van der Waals surface area contributed by atoms with Crippen LogP contribution in [0.4, 0.5) is 4.79 Å². The molecule has 6 atom stereocenters. The van der Waals surface area contributed by atoms with Crippen LogP contribution in [0.3, 0.4) is 0 Å². The van der Waals surface area contributed by atoms with Crippen molar-refractivity contribution in [2.75, 3.05) is 13.2 Å². The van der Waals surface area contributed by atoms with Crippen molar-refractivity contribution in [3.8, 4) is 11.1 Å². The number of rotatable bonds is 10. The highest BCUT2D eigenvalue weighted by Gasteiger charge is 2.46. The van der Waals surface area contributed by atoms with E-state index >= 15 is 0 Å². The van der Waals surface area contributed by atoms with Gasteiger partial charge in [-0.15, -0.1) is 0 Å². The van der Waals surface area contributed by atoms with E-state index < -0.39 is 60.4 Å². The molecule has 0 saturated carbocycles. The molecule has 0 radical (unpaired) electrons. The van der Waals surface area contributed by atoms with E-state index in [9.17, 15) is 39.6 Å². The number of nitrogens with two attached hydrogens (primary N) is 1. The lowest BCUT2D eigenvalue weighted by molar-refractivity contribution is -0.217. The fourth-order valence-corrected chi connectivity index (χ4v) is 4.97. The first-order chi connectivity index (χ1) is 19.1. The van der Waals surface area contributed by atoms with Gasteiger partial charge >= 0.3 is 12.1 Å². The van der Waals surface area contributed by atoms with Crippen molar-refractivity contribution in [2.45, 2.75) is 55.3 Å². The predicted octanol–water partition coefficient (Wildman–Crippen LogP) is -0.790. The Morgan fingerprint density at radius 2 is 1.52 bits per heavy atom. The summed E-state index contributed by atoms with van der Waals surface area (Å²) in [6, 6.07) is 14.1. The Kier molecular flexibility index (Phi) is 9.00. The molecule has 13 nitrogen and oxygen atoms in total. The van der Waals surface area contributed by atoms with E-state index in [-0.39, 0.29) is 31.9 Å². The zero-order valence-corrected chi connectivity index (χ0v) is 21.3. The van der Waals surface area contributed by atoms with Crippen LogP contribution < -0.4 is 16.4 Å². The average Bonchev–Trinajstić information content (AvgIpc) is 3.25. The molecular formula is C27H31N3O10. The Bertz CT molecular complexity index is 1230. The molecule has 2 aliphatic rings. The standard InChI is InChI=1S/C27H31N3O10/c28-25(35)24-23(34)22(33)21(32)19(40-24)11-29-20(31)10-9-18(26(36)37)30-27(38)39-12-17-15-7-3-1-5-13(15)14-6-2-4-8-16(14)17/h1-8,17-19,21-24,32-34H,9-12H2,(H2,28,35)(H,29,31)(H,30,38)(H,36,37)/t18-,19-,21-,22+,23-,24-/m0/s1. The van der Waals surface area contributed by atoms with Crippen molar-refractivity contribution >= 4 is 23.9 Å². The third kappa shape index (κ3) is 6.23. The zero-order chi connectivity index (χ0) is 29.0. The van der Waals surface area contributed by atoms with Gasteiger partial charge in [0.05, 0.1) is 0 Å². The number of hydrogen-bond acceptors (Lipinski definition) is 9. The molecule has 13 heteroatoms. The smallest absolute Gasteiger partial charge is 0.407 e. The number of carbonyl (C=O) groups is 4. The first-order valence-electron chi connectivity index (χ1n) is 12.7. The molecule has 1 aliphatic heterocycles. The Labute approximate surface area is 228 Å². The third-order valence-corrected chi connectivity index (χ3v) is 7.09. The monoisotopic (exact) mass is 557 g/mol. The summed E-state index contributed by atoms with van der Waals surface area (Å²) in [4.78, 5) is 47.9. The highest BCUT2D eigenvalue weighted by Crippen LogP contribution is 2.44. The first-order valence-corrected chi connectivity index (χ1v) is 12.7. The summed E-state index contributed by atoms with van der Waals surface area (Å²) in [6.45, 7) is -0.367. The Morgan fingerprint density at radius 3 is 2.10 bits per heavy atom.